The van der Waals surface area contributed by atoms with E-state index in [1.165, 1.54) is 6.08 Å². The van der Waals surface area contributed by atoms with Gasteiger partial charge >= 0.3 is 0 Å². The first-order valence-electron chi connectivity index (χ1n) is 7.70. The number of rotatable bonds is 4. The number of likely N-dealkylation sites (tertiary alicyclic amines) is 1. The van der Waals surface area contributed by atoms with Gasteiger partial charge in [0.25, 0.3) is 0 Å². The molecule has 0 unspecified atom stereocenters. The van der Waals surface area contributed by atoms with E-state index in [0.29, 0.717) is 19.5 Å². The van der Waals surface area contributed by atoms with Crippen LogP contribution in [0, 0.1) is 0 Å². The molecule has 0 radical (unpaired) electrons. The van der Waals surface area contributed by atoms with Crippen molar-refractivity contribution in [1.82, 2.24) is 20.4 Å². The molecular formula is C17H20N4O2. The number of hydrogen-bond donors (Lipinski definition) is 2. The van der Waals surface area contributed by atoms with Crippen LogP contribution in [0.25, 0.3) is 10.9 Å². The first-order valence-corrected chi connectivity index (χ1v) is 7.70. The molecule has 1 aliphatic rings. The highest BCUT2D eigenvalue weighted by Crippen LogP contribution is 2.29. The maximum atomic E-state index is 12.7. The van der Waals surface area contributed by atoms with E-state index in [9.17, 15) is 9.59 Å². The molecule has 0 aliphatic carbocycles. The summed E-state index contributed by atoms with van der Waals surface area (Å²) in [7, 11) is 0. The van der Waals surface area contributed by atoms with Crippen molar-refractivity contribution in [3.05, 3.63) is 42.6 Å². The van der Waals surface area contributed by atoms with Crippen LogP contribution in [0.3, 0.4) is 0 Å². The van der Waals surface area contributed by atoms with E-state index in [0.717, 1.165) is 23.0 Å². The first-order chi connectivity index (χ1) is 11.1. The van der Waals surface area contributed by atoms with E-state index in [1.807, 2.05) is 31.2 Å². The monoisotopic (exact) mass is 312 g/mol. The Morgan fingerprint density at radius 2 is 2.26 bits per heavy atom. The number of fused-ring (bicyclic) bond motifs is 1. The zero-order valence-electron chi connectivity index (χ0n) is 13.1. The average molecular weight is 312 g/mol. The Morgan fingerprint density at radius 1 is 1.48 bits per heavy atom. The zero-order chi connectivity index (χ0) is 16.4. The second-order valence-corrected chi connectivity index (χ2v) is 5.97. The molecule has 0 bridgehead atoms. The standard InChI is InChI=1S/C17H20N4O2/c1-3-15(22)21-10-6-9-17(21,2)16(23)18-11-14-12-7-4-5-8-13(12)19-20-14/h3-5,7-8H,1,6,9-11H2,2H3,(H,18,23)(H,19,20)/t17-/m1/s1. The summed E-state index contributed by atoms with van der Waals surface area (Å²) in [6.07, 6.45) is 2.73. The van der Waals surface area contributed by atoms with Gasteiger partial charge in [0.05, 0.1) is 17.8 Å². The Hall–Kier alpha value is -2.63. The molecule has 1 aromatic carbocycles. The summed E-state index contributed by atoms with van der Waals surface area (Å²) in [6.45, 7) is 6.26. The molecule has 6 nitrogen and oxygen atoms in total. The van der Waals surface area contributed by atoms with Crippen molar-refractivity contribution in [2.75, 3.05) is 6.54 Å². The van der Waals surface area contributed by atoms with Crippen LogP contribution < -0.4 is 5.32 Å². The Balaban J connectivity index is 1.74. The largest absolute Gasteiger partial charge is 0.348 e. The predicted molar refractivity (Wildman–Crippen MR) is 87.5 cm³/mol. The molecule has 2 heterocycles. The number of amides is 2. The molecule has 120 valence electrons. The Bertz CT molecular complexity index is 767. The number of nitrogens with one attached hydrogen (secondary N) is 2. The van der Waals surface area contributed by atoms with Crippen LogP contribution in [0.15, 0.2) is 36.9 Å². The van der Waals surface area contributed by atoms with Crippen LogP contribution in [0.2, 0.25) is 0 Å². The van der Waals surface area contributed by atoms with E-state index in [2.05, 4.69) is 22.1 Å². The van der Waals surface area contributed by atoms with E-state index in [-0.39, 0.29) is 11.8 Å². The number of aromatic amines is 1. The van der Waals surface area contributed by atoms with Gasteiger partial charge in [-0.05, 0) is 31.9 Å². The highest BCUT2D eigenvalue weighted by molar-refractivity contribution is 5.95. The lowest BCUT2D eigenvalue weighted by Gasteiger charge is -2.33. The summed E-state index contributed by atoms with van der Waals surface area (Å²) in [5, 5.41) is 11.1. The molecule has 2 N–H and O–H groups in total. The summed E-state index contributed by atoms with van der Waals surface area (Å²) in [5.41, 5.74) is 0.908. The van der Waals surface area contributed by atoms with Crippen molar-refractivity contribution < 1.29 is 9.59 Å². The smallest absolute Gasteiger partial charge is 0.246 e. The number of nitrogens with zero attached hydrogens (tertiary/aromatic N) is 2. The number of benzene rings is 1. The molecule has 0 saturated carbocycles. The zero-order valence-corrected chi connectivity index (χ0v) is 13.1. The molecule has 2 aromatic rings. The van der Waals surface area contributed by atoms with Crippen molar-refractivity contribution in [1.29, 1.82) is 0 Å². The molecule has 1 aliphatic heterocycles. The summed E-state index contributed by atoms with van der Waals surface area (Å²) < 4.78 is 0. The van der Waals surface area contributed by atoms with Gasteiger partial charge < -0.3 is 10.2 Å². The normalized spacial score (nSPS) is 20.7. The van der Waals surface area contributed by atoms with Gasteiger partial charge in [0.1, 0.15) is 5.54 Å². The lowest BCUT2D eigenvalue weighted by molar-refractivity contribution is -0.141. The average Bonchev–Trinajstić information content (AvgIpc) is 3.16. The Labute approximate surface area is 134 Å². The van der Waals surface area contributed by atoms with Crippen molar-refractivity contribution in [2.45, 2.75) is 31.8 Å². The fraction of sp³-hybridized carbons (Fsp3) is 0.353. The van der Waals surface area contributed by atoms with E-state index in [4.69, 9.17) is 0 Å². The topological polar surface area (TPSA) is 78.1 Å². The van der Waals surface area contributed by atoms with E-state index in [1.54, 1.807) is 4.90 Å². The van der Waals surface area contributed by atoms with Gasteiger partial charge in [-0.3, -0.25) is 14.7 Å². The Kier molecular flexibility index (Phi) is 3.90. The molecule has 1 fully saturated rings. The molecule has 1 aromatic heterocycles. The third-order valence-corrected chi connectivity index (χ3v) is 4.54. The number of hydrogen-bond acceptors (Lipinski definition) is 3. The fourth-order valence-corrected chi connectivity index (χ4v) is 3.17. The molecule has 1 atom stereocenters. The quantitative estimate of drug-likeness (QED) is 0.844. The first kappa shape index (κ1) is 15.3. The van der Waals surface area contributed by atoms with Crippen molar-refractivity contribution >= 4 is 22.7 Å². The third-order valence-electron chi connectivity index (χ3n) is 4.54. The molecule has 6 heteroatoms. The van der Waals surface area contributed by atoms with Gasteiger partial charge in [0, 0.05) is 11.9 Å². The third kappa shape index (κ3) is 2.60. The highest BCUT2D eigenvalue weighted by Gasteiger charge is 2.44. The van der Waals surface area contributed by atoms with Gasteiger partial charge in [0.15, 0.2) is 0 Å². The van der Waals surface area contributed by atoms with Crippen LogP contribution in [0.4, 0.5) is 0 Å². The van der Waals surface area contributed by atoms with E-state index < -0.39 is 5.54 Å². The number of H-pyrrole nitrogens is 1. The van der Waals surface area contributed by atoms with Crippen molar-refractivity contribution in [2.24, 2.45) is 0 Å². The van der Waals surface area contributed by atoms with Gasteiger partial charge in [-0.2, -0.15) is 5.10 Å². The molecular weight excluding hydrogens is 292 g/mol. The van der Waals surface area contributed by atoms with Gasteiger partial charge in [0.2, 0.25) is 11.8 Å². The molecule has 1 saturated heterocycles. The molecule has 2 amide bonds. The maximum absolute atomic E-state index is 12.7. The predicted octanol–water partition coefficient (Wildman–Crippen LogP) is 1.75. The maximum Gasteiger partial charge on any atom is 0.246 e. The highest BCUT2D eigenvalue weighted by atomic mass is 16.2. The number of carbonyl (C=O) groups is 2. The SMILES string of the molecule is C=CC(=O)N1CCC[C@]1(C)C(=O)NCc1[nH]nc2ccccc12. The van der Waals surface area contributed by atoms with Crippen molar-refractivity contribution in [3.63, 3.8) is 0 Å². The minimum atomic E-state index is -0.818. The van der Waals surface area contributed by atoms with Crippen molar-refractivity contribution in [3.8, 4) is 0 Å². The molecule has 0 spiro atoms. The lowest BCUT2D eigenvalue weighted by atomic mass is 9.97. The van der Waals surface area contributed by atoms with Gasteiger partial charge in [-0.15, -0.1) is 0 Å². The van der Waals surface area contributed by atoms with Crippen LogP contribution >= 0.6 is 0 Å². The molecule has 23 heavy (non-hydrogen) atoms. The lowest BCUT2D eigenvalue weighted by Crippen LogP contribution is -2.54. The Morgan fingerprint density at radius 3 is 3.04 bits per heavy atom. The number of para-hydroxylation sites is 1. The summed E-state index contributed by atoms with van der Waals surface area (Å²) >= 11 is 0. The van der Waals surface area contributed by atoms with Crippen LogP contribution in [0.1, 0.15) is 25.5 Å². The van der Waals surface area contributed by atoms with E-state index >= 15 is 0 Å². The van der Waals surface area contributed by atoms with Gasteiger partial charge in [-0.25, -0.2) is 0 Å². The second-order valence-electron chi connectivity index (χ2n) is 5.97. The second kappa shape index (κ2) is 5.87. The minimum Gasteiger partial charge on any atom is -0.348 e. The number of carbonyl (C=O) groups excluding carboxylic acids is 2. The summed E-state index contributed by atoms with van der Waals surface area (Å²) in [6, 6.07) is 7.74. The minimum absolute atomic E-state index is 0.149. The number of aromatic nitrogens is 2. The van der Waals surface area contributed by atoms with Gasteiger partial charge in [-0.1, -0.05) is 24.8 Å². The van der Waals surface area contributed by atoms with Crippen LogP contribution in [-0.4, -0.2) is 39.0 Å². The summed E-state index contributed by atoms with van der Waals surface area (Å²) in [4.78, 5) is 26.2. The van der Waals surface area contributed by atoms with Crippen LogP contribution in [-0.2, 0) is 16.1 Å². The fourth-order valence-electron chi connectivity index (χ4n) is 3.17. The van der Waals surface area contributed by atoms with Crippen LogP contribution in [0.5, 0.6) is 0 Å². The molecule has 3 rings (SSSR count). The summed E-state index contributed by atoms with van der Waals surface area (Å²) in [5.74, 6) is -0.351.